The van der Waals surface area contributed by atoms with Crippen LogP contribution in [0.3, 0.4) is 0 Å². The number of amides is 1. The second-order valence-electron chi connectivity index (χ2n) is 3.98. The molecule has 1 aromatic heterocycles. The van der Waals surface area contributed by atoms with E-state index in [4.69, 9.17) is 5.11 Å². The van der Waals surface area contributed by atoms with Gasteiger partial charge in [0.2, 0.25) is 0 Å². The quantitative estimate of drug-likeness (QED) is 0.913. The minimum atomic E-state index is -1.22. The molecule has 0 saturated heterocycles. The Balaban J connectivity index is 2.38. The van der Waals surface area contributed by atoms with Crippen LogP contribution in [0.4, 0.5) is 14.5 Å². The Morgan fingerprint density at radius 3 is 2.40 bits per heavy atom. The number of rotatable bonds is 3. The van der Waals surface area contributed by atoms with Crippen LogP contribution >= 0.6 is 11.3 Å². The van der Waals surface area contributed by atoms with E-state index in [0.717, 1.165) is 29.5 Å². The molecule has 0 unspecified atom stereocenters. The number of thiophene rings is 1. The molecular weight excluding hydrogens is 288 g/mol. The van der Waals surface area contributed by atoms with Gasteiger partial charge in [0.05, 0.1) is 5.69 Å². The molecule has 0 aliphatic carbocycles. The number of hydrogen-bond donors (Lipinski definition) is 2. The van der Waals surface area contributed by atoms with E-state index in [-0.39, 0.29) is 10.6 Å². The van der Waals surface area contributed by atoms with Crippen LogP contribution < -0.4 is 5.32 Å². The molecule has 20 heavy (non-hydrogen) atoms. The molecule has 0 saturated carbocycles. The summed E-state index contributed by atoms with van der Waals surface area (Å²) in [5, 5.41) is 12.8. The Kier molecular flexibility index (Phi) is 3.80. The van der Waals surface area contributed by atoms with Crippen molar-refractivity contribution in [3.63, 3.8) is 0 Å². The zero-order valence-electron chi connectivity index (χ0n) is 10.2. The summed E-state index contributed by atoms with van der Waals surface area (Å²) in [5.41, 5.74) is -0.179. The lowest BCUT2D eigenvalue weighted by molar-refractivity contribution is 0.0703. The van der Waals surface area contributed by atoms with Gasteiger partial charge in [-0.1, -0.05) is 6.07 Å². The number of aryl methyl sites for hydroxylation is 1. The van der Waals surface area contributed by atoms with Gasteiger partial charge in [-0.15, -0.1) is 11.3 Å². The maximum absolute atomic E-state index is 13.5. The first-order chi connectivity index (χ1) is 9.41. The first kappa shape index (κ1) is 14.1. The van der Waals surface area contributed by atoms with Crippen molar-refractivity contribution in [2.45, 2.75) is 6.92 Å². The number of benzene rings is 1. The van der Waals surface area contributed by atoms with Crippen molar-refractivity contribution in [3.05, 3.63) is 51.2 Å². The van der Waals surface area contributed by atoms with Crippen LogP contribution in [0.1, 0.15) is 25.6 Å². The molecule has 1 aromatic carbocycles. The number of anilines is 1. The Hall–Kier alpha value is -2.28. The molecule has 4 nitrogen and oxygen atoms in total. The molecule has 0 aliphatic heterocycles. The fraction of sp³-hybridized carbons (Fsp3) is 0.0769. The number of carbonyl (C=O) groups is 2. The summed E-state index contributed by atoms with van der Waals surface area (Å²) in [7, 11) is 0. The van der Waals surface area contributed by atoms with Crippen LogP contribution in [0.15, 0.2) is 23.6 Å². The van der Waals surface area contributed by atoms with Gasteiger partial charge < -0.3 is 10.4 Å². The molecular formula is C13H9F2NO3S. The van der Waals surface area contributed by atoms with Gasteiger partial charge in [0.15, 0.2) is 0 Å². The predicted octanol–water partition coefficient (Wildman–Crippen LogP) is 3.29. The fourth-order valence-electron chi connectivity index (χ4n) is 1.65. The zero-order chi connectivity index (χ0) is 14.9. The maximum atomic E-state index is 13.5. The second kappa shape index (κ2) is 5.38. The topological polar surface area (TPSA) is 66.4 Å². The monoisotopic (exact) mass is 297 g/mol. The minimum Gasteiger partial charge on any atom is -0.477 e. The van der Waals surface area contributed by atoms with E-state index in [1.165, 1.54) is 5.38 Å². The van der Waals surface area contributed by atoms with Crippen LogP contribution in [0.2, 0.25) is 0 Å². The Morgan fingerprint density at radius 2 is 1.85 bits per heavy atom. The normalized spacial score (nSPS) is 10.3. The standard InChI is InChI=1S/C13H9F2NO3S/c1-6-5-20-11(13(18)19)10(6)16-12(17)9-7(14)3-2-4-8(9)15/h2-5H,1H3,(H,16,17)(H,18,19). The average Bonchev–Trinajstić information content (AvgIpc) is 2.71. The van der Waals surface area contributed by atoms with E-state index in [2.05, 4.69) is 5.32 Å². The third-order valence-electron chi connectivity index (χ3n) is 2.60. The largest absolute Gasteiger partial charge is 0.477 e. The number of carbonyl (C=O) groups excluding carboxylic acids is 1. The van der Waals surface area contributed by atoms with Crippen LogP contribution in [0, 0.1) is 18.6 Å². The lowest BCUT2D eigenvalue weighted by Crippen LogP contribution is -2.17. The molecule has 104 valence electrons. The molecule has 2 rings (SSSR count). The minimum absolute atomic E-state index is 0.0511. The van der Waals surface area contributed by atoms with E-state index in [1.807, 2.05) is 0 Å². The highest BCUT2D eigenvalue weighted by molar-refractivity contribution is 7.12. The van der Waals surface area contributed by atoms with Gasteiger partial charge in [-0.25, -0.2) is 13.6 Å². The fourth-order valence-corrected chi connectivity index (χ4v) is 2.49. The molecule has 0 bridgehead atoms. The summed E-state index contributed by atoms with van der Waals surface area (Å²) >= 11 is 0.928. The van der Waals surface area contributed by atoms with Crippen molar-refractivity contribution >= 4 is 28.9 Å². The lowest BCUT2D eigenvalue weighted by atomic mass is 10.1. The molecule has 1 heterocycles. The second-order valence-corrected chi connectivity index (χ2v) is 4.86. The number of carboxylic acids is 1. The van der Waals surface area contributed by atoms with Crippen LogP contribution in [-0.4, -0.2) is 17.0 Å². The first-order valence-corrected chi connectivity index (χ1v) is 6.36. The van der Waals surface area contributed by atoms with Crippen molar-refractivity contribution < 1.29 is 23.5 Å². The smallest absolute Gasteiger partial charge is 0.348 e. The van der Waals surface area contributed by atoms with Crippen LogP contribution in [-0.2, 0) is 0 Å². The van der Waals surface area contributed by atoms with E-state index in [9.17, 15) is 18.4 Å². The Morgan fingerprint density at radius 1 is 1.25 bits per heavy atom. The van der Waals surface area contributed by atoms with E-state index in [1.54, 1.807) is 6.92 Å². The van der Waals surface area contributed by atoms with Gasteiger partial charge in [-0.05, 0) is 30.0 Å². The highest BCUT2D eigenvalue weighted by Crippen LogP contribution is 2.28. The number of aromatic carboxylic acids is 1. The van der Waals surface area contributed by atoms with Crippen molar-refractivity contribution in [3.8, 4) is 0 Å². The maximum Gasteiger partial charge on any atom is 0.348 e. The van der Waals surface area contributed by atoms with Crippen molar-refractivity contribution in [2.24, 2.45) is 0 Å². The molecule has 0 radical (unpaired) electrons. The molecule has 0 atom stereocenters. The molecule has 0 spiro atoms. The number of halogens is 2. The van der Waals surface area contributed by atoms with Crippen molar-refractivity contribution in [1.82, 2.24) is 0 Å². The van der Waals surface area contributed by atoms with Crippen LogP contribution in [0.25, 0.3) is 0 Å². The molecule has 2 N–H and O–H groups in total. The van der Waals surface area contributed by atoms with Crippen LogP contribution in [0.5, 0.6) is 0 Å². The molecule has 0 aliphatic rings. The van der Waals surface area contributed by atoms with E-state index in [0.29, 0.717) is 5.56 Å². The first-order valence-electron chi connectivity index (χ1n) is 5.48. The number of hydrogen-bond acceptors (Lipinski definition) is 3. The lowest BCUT2D eigenvalue weighted by Gasteiger charge is -2.08. The summed E-state index contributed by atoms with van der Waals surface area (Å²) in [6.07, 6.45) is 0. The van der Waals surface area contributed by atoms with Crippen molar-refractivity contribution in [2.75, 3.05) is 5.32 Å². The highest BCUT2D eigenvalue weighted by Gasteiger charge is 2.21. The van der Waals surface area contributed by atoms with Gasteiger partial charge in [0.25, 0.3) is 5.91 Å². The molecule has 2 aromatic rings. The van der Waals surface area contributed by atoms with Gasteiger partial charge in [0.1, 0.15) is 22.1 Å². The van der Waals surface area contributed by atoms with Crippen molar-refractivity contribution in [1.29, 1.82) is 0 Å². The van der Waals surface area contributed by atoms with Gasteiger partial charge in [-0.3, -0.25) is 4.79 Å². The summed E-state index contributed by atoms with van der Waals surface area (Å²) in [5.74, 6) is -4.25. The van der Waals surface area contributed by atoms with Gasteiger partial charge >= 0.3 is 5.97 Å². The summed E-state index contributed by atoms with van der Waals surface area (Å²) in [4.78, 5) is 22.8. The zero-order valence-corrected chi connectivity index (χ0v) is 11.1. The summed E-state index contributed by atoms with van der Waals surface area (Å²) in [6.45, 7) is 1.59. The molecule has 1 amide bonds. The third-order valence-corrected chi connectivity index (χ3v) is 3.68. The number of nitrogens with one attached hydrogen (secondary N) is 1. The summed E-state index contributed by atoms with van der Waals surface area (Å²) in [6, 6.07) is 3.05. The van der Waals surface area contributed by atoms with E-state index >= 15 is 0 Å². The Labute approximate surface area is 116 Å². The number of carboxylic acid groups (broad SMARTS) is 1. The SMILES string of the molecule is Cc1csc(C(=O)O)c1NC(=O)c1c(F)cccc1F. The Bertz CT molecular complexity index is 677. The average molecular weight is 297 g/mol. The van der Waals surface area contributed by atoms with Gasteiger partial charge in [0, 0.05) is 0 Å². The third kappa shape index (κ3) is 2.53. The van der Waals surface area contributed by atoms with Gasteiger partial charge in [-0.2, -0.15) is 0 Å². The summed E-state index contributed by atoms with van der Waals surface area (Å²) < 4.78 is 26.9. The predicted molar refractivity (Wildman–Crippen MR) is 70.3 cm³/mol. The highest BCUT2D eigenvalue weighted by atomic mass is 32.1. The molecule has 7 heteroatoms. The van der Waals surface area contributed by atoms with E-state index < -0.39 is 29.1 Å². The molecule has 0 fully saturated rings.